The Morgan fingerprint density at radius 2 is 1.73 bits per heavy atom. The topological polar surface area (TPSA) is 78.9 Å². The zero-order valence-electron chi connectivity index (χ0n) is 15.0. The van der Waals surface area contributed by atoms with Crippen LogP contribution in [0.1, 0.15) is 21.6 Å². The van der Waals surface area contributed by atoms with Crippen molar-refractivity contribution in [2.45, 2.75) is 12.7 Å². The van der Waals surface area contributed by atoms with Crippen LogP contribution in [0.4, 0.5) is 28.9 Å². The van der Waals surface area contributed by atoms with Crippen LogP contribution in [-0.4, -0.2) is 20.6 Å². The van der Waals surface area contributed by atoms with Crippen LogP contribution in [0.25, 0.3) is 0 Å². The summed E-state index contributed by atoms with van der Waals surface area (Å²) in [6.45, 7) is -0.0228. The number of thiocarbonyl (C=S) groups is 1. The molecule has 0 aliphatic carbocycles. The fourth-order valence-corrected chi connectivity index (χ4v) is 2.98. The molecule has 12 heteroatoms. The van der Waals surface area contributed by atoms with Crippen LogP contribution in [0.15, 0.2) is 47.8 Å². The van der Waals surface area contributed by atoms with Crippen LogP contribution < -0.4 is 16.0 Å². The maximum absolute atomic E-state index is 13.3. The third-order valence-corrected chi connectivity index (χ3v) is 4.53. The smallest absolute Gasteiger partial charge is 0.358 e. The van der Waals surface area contributed by atoms with Crippen LogP contribution >= 0.6 is 23.8 Å². The van der Waals surface area contributed by atoms with E-state index in [2.05, 4.69) is 25.5 Å². The fraction of sp³-hybridized carbons (Fsp3) is 0.111. The molecular weight excluding hydrogens is 442 g/mol. The van der Waals surface area contributed by atoms with Crippen LogP contribution in [0.5, 0.6) is 0 Å². The van der Waals surface area contributed by atoms with E-state index >= 15 is 0 Å². The Hall–Kier alpha value is -3.12. The minimum absolute atomic E-state index is 0.0228. The molecule has 1 amide bonds. The first-order chi connectivity index (χ1) is 14.2. The van der Waals surface area contributed by atoms with Gasteiger partial charge < -0.3 is 16.0 Å². The standard InChI is InChI=1S/C18H13F4N5OS2/c19-14-6-1-10(7-13(14)18(20,21)22)8-23-17(29)25-12-4-2-11(3-5-12)24-16(28)15-9-30-27-26-15/h1-7,9H,8H2,(H,24,28)(H2,23,25,29). The highest BCUT2D eigenvalue weighted by molar-refractivity contribution is 7.80. The van der Waals surface area contributed by atoms with E-state index < -0.39 is 17.6 Å². The maximum atomic E-state index is 13.3. The molecule has 0 bridgehead atoms. The summed E-state index contributed by atoms with van der Waals surface area (Å²) in [6.07, 6.45) is -4.77. The number of hydrogen-bond donors (Lipinski definition) is 3. The van der Waals surface area contributed by atoms with E-state index in [1.807, 2.05) is 0 Å². The van der Waals surface area contributed by atoms with Crippen molar-refractivity contribution >= 4 is 46.1 Å². The van der Waals surface area contributed by atoms with E-state index in [1.54, 1.807) is 24.3 Å². The number of rotatable bonds is 5. The molecule has 0 aliphatic heterocycles. The first-order valence-electron chi connectivity index (χ1n) is 8.31. The van der Waals surface area contributed by atoms with Gasteiger partial charge in [-0.3, -0.25) is 4.79 Å². The number of benzene rings is 2. The highest BCUT2D eigenvalue weighted by Crippen LogP contribution is 2.31. The number of alkyl halides is 3. The minimum Gasteiger partial charge on any atom is -0.358 e. The van der Waals surface area contributed by atoms with Gasteiger partial charge in [-0.25, -0.2) is 4.39 Å². The Balaban J connectivity index is 1.53. The highest BCUT2D eigenvalue weighted by Gasteiger charge is 2.34. The van der Waals surface area contributed by atoms with Crippen molar-refractivity contribution in [1.29, 1.82) is 0 Å². The Labute approximate surface area is 177 Å². The van der Waals surface area contributed by atoms with Crippen molar-refractivity contribution in [3.63, 3.8) is 0 Å². The molecule has 0 saturated carbocycles. The first kappa shape index (κ1) is 21.6. The van der Waals surface area contributed by atoms with E-state index in [0.29, 0.717) is 11.4 Å². The van der Waals surface area contributed by atoms with Gasteiger partial charge in [-0.1, -0.05) is 10.6 Å². The maximum Gasteiger partial charge on any atom is 0.419 e. The fourth-order valence-electron chi connectivity index (χ4n) is 2.35. The quantitative estimate of drug-likeness (QED) is 0.390. The molecule has 0 fully saturated rings. The summed E-state index contributed by atoms with van der Waals surface area (Å²) in [7, 11) is 0. The molecule has 2 aromatic carbocycles. The molecule has 0 aliphatic rings. The molecule has 0 spiro atoms. The predicted octanol–water partition coefficient (Wildman–Crippen LogP) is 4.43. The lowest BCUT2D eigenvalue weighted by molar-refractivity contribution is -0.140. The van der Waals surface area contributed by atoms with E-state index in [4.69, 9.17) is 12.2 Å². The van der Waals surface area contributed by atoms with E-state index in [-0.39, 0.29) is 28.8 Å². The van der Waals surface area contributed by atoms with Crippen molar-refractivity contribution in [3.8, 4) is 0 Å². The van der Waals surface area contributed by atoms with Gasteiger partial charge in [-0.2, -0.15) is 13.2 Å². The van der Waals surface area contributed by atoms with Gasteiger partial charge in [-0.05, 0) is 65.7 Å². The summed E-state index contributed by atoms with van der Waals surface area (Å²) in [4.78, 5) is 11.9. The van der Waals surface area contributed by atoms with Crippen molar-refractivity contribution in [2.75, 3.05) is 10.6 Å². The number of carbonyl (C=O) groups excluding carboxylic acids is 1. The molecule has 0 saturated heterocycles. The van der Waals surface area contributed by atoms with Crippen molar-refractivity contribution in [1.82, 2.24) is 14.9 Å². The van der Waals surface area contributed by atoms with Crippen molar-refractivity contribution < 1.29 is 22.4 Å². The third-order valence-electron chi connectivity index (χ3n) is 3.78. The molecule has 30 heavy (non-hydrogen) atoms. The van der Waals surface area contributed by atoms with E-state index in [1.165, 1.54) is 11.4 Å². The molecule has 6 nitrogen and oxygen atoms in total. The van der Waals surface area contributed by atoms with Crippen molar-refractivity contribution in [2.24, 2.45) is 0 Å². The number of amides is 1. The molecule has 1 aromatic heterocycles. The predicted molar refractivity (Wildman–Crippen MR) is 109 cm³/mol. The second-order valence-corrected chi connectivity index (χ2v) is 6.96. The van der Waals surface area contributed by atoms with Gasteiger partial charge in [0.1, 0.15) is 5.82 Å². The van der Waals surface area contributed by atoms with E-state index in [9.17, 15) is 22.4 Å². The molecule has 0 unspecified atom stereocenters. The van der Waals surface area contributed by atoms with Gasteiger partial charge in [-0.15, -0.1) is 5.10 Å². The van der Waals surface area contributed by atoms with E-state index in [0.717, 1.165) is 23.7 Å². The number of nitrogens with one attached hydrogen (secondary N) is 3. The Bertz CT molecular complexity index is 1040. The monoisotopic (exact) mass is 455 g/mol. The number of carbonyl (C=O) groups is 1. The summed E-state index contributed by atoms with van der Waals surface area (Å²) >= 11 is 6.19. The summed E-state index contributed by atoms with van der Waals surface area (Å²) in [5.74, 6) is -1.72. The SMILES string of the molecule is O=C(Nc1ccc(NC(=S)NCc2ccc(F)c(C(F)(F)F)c2)cc1)c1csnn1. The van der Waals surface area contributed by atoms with Gasteiger partial charge in [0.25, 0.3) is 5.91 Å². The average molecular weight is 455 g/mol. The number of hydrogen-bond acceptors (Lipinski definition) is 5. The number of nitrogens with zero attached hydrogens (tertiary/aromatic N) is 2. The molecule has 3 N–H and O–H groups in total. The van der Waals surface area contributed by atoms with Crippen molar-refractivity contribution in [3.05, 3.63) is 70.5 Å². The third kappa shape index (κ3) is 5.70. The van der Waals surface area contributed by atoms with Crippen LogP contribution in [0, 0.1) is 5.82 Å². The number of aromatic nitrogens is 2. The molecule has 3 aromatic rings. The largest absolute Gasteiger partial charge is 0.419 e. The first-order valence-corrected chi connectivity index (χ1v) is 9.56. The summed E-state index contributed by atoms with van der Waals surface area (Å²) in [6, 6.07) is 9.34. The average Bonchev–Trinajstić information content (AvgIpc) is 3.23. The Kier molecular flexibility index (Phi) is 6.57. The lowest BCUT2D eigenvalue weighted by Gasteiger charge is -2.13. The van der Waals surface area contributed by atoms with Gasteiger partial charge in [0.2, 0.25) is 0 Å². The Morgan fingerprint density at radius 1 is 1.07 bits per heavy atom. The van der Waals surface area contributed by atoms with Crippen LogP contribution in [0.2, 0.25) is 0 Å². The van der Waals surface area contributed by atoms with Gasteiger partial charge >= 0.3 is 6.18 Å². The minimum atomic E-state index is -4.77. The lowest BCUT2D eigenvalue weighted by atomic mass is 10.1. The number of anilines is 2. The van der Waals surface area contributed by atoms with Crippen LogP contribution in [0.3, 0.4) is 0 Å². The van der Waals surface area contributed by atoms with Crippen LogP contribution in [-0.2, 0) is 12.7 Å². The zero-order chi connectivity index (χ0) is 21.7. The summed E-state index contributed by atoms with van der Waals surface area (Å²) < 4.78 is 55.3. The molecule has 0 radical (unpaired) electrons. The zero-order valence-corrected chi connectivity index (χ0v) is 16.6. The molecule has 3 rings (SSSR count). The van der Waals surface area contributed by atoms with Gasteiger partial charge in [0.05, 0.1) is 5.56 Å². The molecule has 0 atom stereocenters. The second-order valence-electron chi connectivity index (χ2n) is 5.94. The number of halogens is 4. The Morgan fingerprint density at radius 3 is 2.33 bits per heavy atom. The second kappa shape index (κ2) is 9.13. The highest BCUT2D eigenvalue weighted by atomic mass is 32.1. The molecule has 1 heterocycles. The molecular formula is C18H13F4N5OS2. The summed E-state index contributed by atoms with van der Waals surface area (Å²) in [5.41, 5.74) is 0.232. The van der Waals surface area contributed by atoms with Gasteiger partial charge in [0.15, 0.2) is 10.8 Å². The molecule has 156 valence electrons. The normalized spacial score (nSPS) is 11.1. The lowest BCUT2D eigenvalue weighted by Crippen LogP contribution is -2.28. The van der Waals surface area contributed by atoms with Gasteiger partial charge in [0, 0.05) is 23.3 Å². The summed E-state index contributed by atoms with van der Waals surface area (Å²) in [5, 5.41) is 13.6.